The summed E-state index contributed by atoms with van der Waals surface area (Å²) in [6.45, 7) is 0.440. The molecule has 0 aliphatic carbocycles. The van der Waals surface area contributed by atoms with Gasteiger partial charge in [-0.1, -0.05) is 18.2 Å². The minimum atomic E-state index is -3.11. The molecule has 0 N–H and O–H groups in total. The largest absolute Gasteiger partial charge is 0.481 e. The fraction of sp³-hybridized carbons (Fsp3) is 0.316. The maximum atomic E-state index is 14.3. The topological polar surface area (TPSA) is 90.2 Å². The Labute approximate surface area is 172 Å². The zero-order valence-electron chi connectivity index (χ0n) is 16.1. The van der Waals surface area contributed by atoms with E-state index in [0.29, 0.717) is 17.1 Å². The number of benzene rings is 1. The van der Waals surface area contributed by atoms with Crippen LogP contribution < -0.4 is 9.64 Å². The standard InChI is InChI=1S/C19H19F2N5O3S/c1-29-17-10-16(24-26(17)12-13-4-2-3-5-14(13)20)18-22-11-15(21)19(23-18)25-6-8-30(27,28)9-7-25/h2-5,10-11H,6-9,12H2,1H3. The highest BCUT2D eigenvalue weighted by Crippen LogP contribution is 2.25. The van der Waals surface area contributed by atoms with Crippen molar-refractivity contribution in [3.63, 3.8) is 0 Å². The number of rotatable bonds is 5. The first-order valence-electron chi connectivity index (χ1n) is 9.20. The predicted molar refractivity (Wildman–Crippen MR) is 106 cm³/mol. The second kappa shape index (κ2) is 7.98. The Balaban J connectivity index is 1.64. The molecule has 1 saturated heterocycles. The number of hydrogen-bond donors (Lipinski definition) is 0. The van der Waals surface area contributed by atoms with Crippen molar-refractivity contribution in [1.29, 1.82) is 0 Å². The maximum Gasteiger partial charge on any atom is 0.212 e. The lowest BCUT2D eigenvalue weighted by Crippen LogP contribution is -2.41. The highest BCUT2D eigenvalue weighted by Gasteiger charge is 2.25. The molecule has 1 fully saturated rings. The van der Waals surface area contributed by atoms with Gasteiger partial charge < -0.3 is 9.64 Å². The summed E-state index contributed by atoms with van der Waals surface area (Å²) in [7, 11) is -1.65. The van der Waals surface area contributed by atoms with Crippen LogP contribution in [0.25, 0.3) is 11.5 Å². The second-order valence-corrected chi connectivity index (χ2v) is 9.13. The van der Waals surface area contributed by atoms with E-state index in [4.69, 9.17) is 4.74 Å². The van der Waals surface area contributed by atoms with Crippen molar-refractivity contribution < 1.29 is 21.9 Å². The molecule has 1 aromatic carbocycles. The minimum Gasteiger partial charge on any atom is -0.481 e. The number of hydrogen-bond acceptors (Lipinski definition) is 7. The molecule has 2 aromatic heterocycles. The van der Waals surface area contributed by atoms with Gasteiger partial charge in [0.15, 0.2) is 27.3 Å². The van der Waals surface area contributed by atoms with Crippen molar-refractivity contribution >= 4 is 15.7 Å². The molecule has 0 unspecified atom stereocenters. The van der Waals surface area contributed by atoms with Crippen LogP contribution in [0.2, 0.25) is 0 Å². The summed E-state index contributed by atoms with van der Waals surface area (Å²) in [5.74, 6) is -0.573. The number of halogens is 2. The Bertz CT molecular complexity index is 1170. The van der Waals surface area contributed by atoms with Crippen molar-refractivity contribution in [2.24, 2.45) is 0 Å². The number of methoxy groups -OCH3 is 1. The first-order valence-corrected chi connectivity index (χ1v) is 11.0. The average Bonchev–Trinajstić information content (AvgIpc) is 3.13. The summed E-state index contributed by atoms with van der Waals surface area (Å²) < 4.78 is 58.4. The molecule has 8 nitrogen and oxygen atoms in total. The smallest absolute Gasteiger partial charge is 0.212 e. The van der Waals surface area contributed by atoms with Gasteiger partial charge in [-0.15, -0.1) is 0 Å². The highest BCUT2D eigenvalue weighted by atomic mass is 32.2. The molecular formula is C19H19F2N5O3S. The van der Waals surface area contributed by atoms with Gasteiger partial charge in [-0.05, 0) is 6.07 Å². The summed E-state index contributed by atoms with van der Waals surface area (Å²) in [5, 5.41) is 4.39. The van der Waals surface area contributed by atoms with Crippen LogP contribution in [0.1, 0.15) is 5.56 Å². The van der Waals surface area contributed by atoms with E-state index >= 15 is 0 Å². The molecule has 0 saturated carbocycles. The van der Waals surface area contributed by atoms with Gasteiger partial charge in [-0.2, -0.15) is 5.10 Å². The van der Waals surface area contributed by atoms with Crippen LogP contribution in [-0.2, 0) is 16.4 Å². The summed E-state index contributed by atoms with van der Waals surface area (Å²) >= 11 is 0. The molecular weight excluding hydrogens is 416 g/mol. The number of aromatic nitrogens is 4. The second-order valence-electron chi connectivity index (χ2n) is 6.83. The van der Waals surface area contributed by atoms with Gasteiger partial charge in [0, 0.05) is 24.7 Å². The Morgan fingerprint density at radius 3 is 2.57 bits per heavy atom. The van der Waals surface area contributed by atoms with Crippen LogP contribution in [0.4, 0.5) is 14.6 Å². The molecule has 3 aromatic rings. The van der Waals surface area contributed by atoms with E-state index in [9.17, 15) is 17.2 Å². The molecule has 11 heteroatoms. The first-order chi connectivity index (χ1) is 14.4. The molecule has 3 heterocycles. The average molecular weight is 435 g/mol. The predicted octanol–water partition coefficient (Wildman–Crippen LogP) is 1.91. The van der Waals surface area contributed by atoms with Crippen LogP contribution in [0.3, 0.4) is 0 Å². The third-order valence-corrected chi connectivity index (χ3v) is 6.44. The molecule has 1 aliphatic heterocycles. The van der Waals surface area contributed by atoms with E-state index in [1.165, 1.54) is 17.9 Å². The van der Waals surface area contributed by atoms with Crippen LogP contribution in [0.5, 0.6) is 5.88 Å². The monoisotopic (exact) mass is 435 g/mol. The molecule has 30 heavy (non-hydrogen) atoms. The van der Waals surface area contributed by atoms with Crippen molar-refractivity contribution in [2.75, 3.05) is 36.6 Å². The van der Waals surface area contributed by atoms with Gasteiger partial charge >= 0.3 is 0 Å². The van der Waals surface area contributed by atoms with Crippen LogP contribution in [0.15, 0.2) is 36.5 Å². The summed E-state index contributed by atoms with van der Waals surface area (Å²) in [4.78, 5) is 9.85. The van der Waals surface area contributed by atoms with Gasteiger partial charge in [0.05, 0.1) is 31.4 Å². The lowest BCUT2D eigenvalue weighted by molar-refractivity contribution is 0.365. The highest BCUT2D eigenvalue weighted by molar-refractivity contribution is 7.91. The number of sulfone groups is 1. The number of nitrogens with zero attached hydrogens (tertiary/aromatic N) is 5. The summed E-state index contributed by atoms with van der Waals surface area (Å²) in [6.07, 6.45) is 1.03. The zero-order chi connectivity index (χ0) is 21.3. The third-order valence-electron chi connectivity index (χ3n) is 4.83. The first kappa shape index (κ1) is 20.2. The third kappa shape index (κ3) is 4.11. The van der Waals surface area contributed by atoms with E-state index in [1.54, 1.807) is 29.2 Å². The Kier molecular flexibility index (Phi) is 5.37. The molecule has 4 rings (SSSR count). The zero-order valence-corrected chi connectivity index (χ0v) is 16.9. The van der Waals surface area contributed by atoms with E-state index in [0.717, 1.165) is 6.20 Å². The van der Waals surface area contributed by atoms with Crippen LogP contribution in [-0.4, -0.2) is 59.9 Å². The number of anilines is 1. The van der Waals surface area contributed by atoms with Crippen molar-refractivity contribution in [2.45, 2.75) is 6.54 Å². The van der Waals surface area contributed by atoms with E-state index in [2.05, 4.69) is 15.1 Å². The summed E-state index contributed by atoms with van der Waals surface area (Å²) in [6, 6.07) is 7.92. The Morgan fingerprint density at radius 2 is 1.87 bits per heavy atom. The molecule has 0 radical (unpaired) electrons. The van der Waals surface area contributed by atoms with E-state index in [1.807, 2.05) is 0 Å². The lowest BCUT2D eigenvalue weighted by atomic mass is 10.2. The fourth-order valence-electron chi connectivity index (χ4n) is 3.20. The lowest BCUT2D eigenvalue weighted by Gasteiger charge is -2.27. The Hall–Kier alpha value is -3.08. The van der Waals surface area contributed by atoms with E-state index in [-0.39, 0.29) is 48.6 Å². The van der Waals surface area contributed by atoms with Crippen molar-refractivity contribution in [3.8, 4) is 17.4 Å². The van der Waals surface area contributed by atoms with Gasteiger partial charge in [-0.25, -0.2) is 31.8 Å². The van der Waals surface area contributed by atoms with Gasteiger partial charge in [0.1, 0.15) is 11.5 Å². The van der Waals surface area contributed by atoms with Crippen molar-refractivity contribution in [3.05, 3.63) is 53.7 Å². The normalized spacial score (nSPS) is 15.9. The molecule has 0 amide bonds. The van der Waals surface area contributed by atoms with E-state index < -0.39 is 15.7 Å². The Morgan fingerprint density at radius 1 is 1.13 bits per heavy atom. The quantitative estimate of drug-likeness (QED) is 0.605. The van der Waals surface area contributed by atoms with Gasteiger partial charge in [0.25, 0.3) is 0 Å². The maximum absolute atomic E-state index is 14.3. The SMILES string of the molecule is COc1cc(-c2ncc(F)c(N3CCS(=O)(=O)CC3)n2)nn1Cc1ccccc1F. The van der Waals surface area contributed by atoms with Crippen LogP contribution in [0, 0.1) is 11.6 Å². The minimum absolute atomic E-state index is 0.0255. The fourth-order valence-corrected chi connectivity index (χ4v) is 4.40. The summed E-state index contributed by atoms with van der Waals surface area (Å²) in [5.41, 5.74) is 0.759. The number of ether oxygens (including phenoxy) is 1. The molecule has 1 aliphatic rings. The van der Waals surface area contributed by atoms with Crippen molar-refractivity contribution in [1.82, 2.24) is 19.7 Å². The molecule has 0 bridgehead atoms. The van der Waals surface area contributed by atoms with Gasteiger partial charge in [0.2, 0.25) is 5.88 Å². The molecule has 0 atom stereocenters. The molecule has 0 spiro atoms. The molecule has 158 valence electrons. The van der Waals surface area contributed by atoms with Crippen LogP contribution >= 0.6 is 0 Å². The van der Waals surface area contributed by atoms with Gasteiger partial charge in [-0.3, -0.25) is 0 Å².